The highest BCUT2D eigenvalue weighted by atomic mass is 16.6. The summed E-state index contributed by atoms with van der Waals surface area (Å²) in [5.41, 5.74) is 11.0. The molecule has 0 saturated carbocycles. The highest BCUT2D eigenvalue weighted by Crippen LogP contribution is 2.46. The molecule has 128 heavy (non-hydrogen) atoms. The summed E-state index contributed by atoms with van der Waals surface area (Å²) in [4.78, 5) is 27.9. The van der Waals surface area contributed by atoms with E-state index in [1.165, 1.54) is 45.4 Å². The SMILES string of the molecule is CCCCCCOc1cc(C2=c3ccc([nH]3)=C(c3ccc(OCCCCCCCCCCCCOC(C)=O)cc3)c3ccc([nH]3)C(c3cc(OCCCCCC)c(OCCCCCC)c(OCCCCCC)c3)=c3ccc([nH]3)=C(c3cc(OCCCCCC)c(OCCCCCC)c(OCCCCCC)c3)c3ccc2[nH]3)cc(OCCCCCC)c1OCCCCCC. The smallest absolute Gasteiger partial charge is 0.302 e. The van der Waals surface area contributed by atoms with E-state index in [-0.39, 0.29) is 5.97 Å². The van der Waals surface area contributed by atoms with E-state index >= 15 is 0 Å². The Bertz CT molecular complexity index is 4550. The standard InChI is InChI=1S/C112H166N4O12/c1-11-20-29-46-71-120-100-80-88(81-101(121-72-47-30-21-12-2)110(100)126-77-52-35-26-17-7)107-94-63-61-92(113-94)106(87-57-59-91(60-58-87)119-70-56-45-43-41-39-38-40-42-44-55-69-118-86(10)117)93-62-64-95(114-93)108(89-82-102(122-73-48-31-22-13-3)111(127-78-53-36-27-18-8)103(83-89)123-74-49-32-23-14-4)97-66-68-99(116-97)109(98-67-65-96(107)115-98)90-84-104(124-75-50-33-24-15-5)112(128-79-54-37-28-19-9)105(85-90)125-76-51-34-25-16-6/h57-68,80-85,113-116H,11-56,69-79H2,1-10H3. The molecule has 1 aliphatic heterocycles. The topological polar surface area (TPSA) is 182 Å². The Balaban J connectivity index is 1.34. The third kappa shape index (κ3) is 34.7. The molecular formula is C112H166N4O12. The Morgan fingerprint density at radius 2 is 0.414 bits per heavy atom. The molecule has 0 atom stereocenters. The predicted molar refractivity (Wildman–Crippen MR) is 529 cm³/mol. The molecule has 8 bridgehead atoms. The quantitative estimate of drug-likeness (QED) is 0.0209. The predicted octanol–water partition coefficient (Wildman–Crippen LogP) is 27.8. The van der Waals surface area contributed by atoms with Gasteiger partial charge in [0.05, 0.1) is 72.7 Å². The summed E-state index contributed by atoms with van der Waals surface area (Å²) < 4.78 is 75.3. The summed E-state index contributed by atoms with van der Waals surface area (Å²) in [6, 6.07) is 39.8. The Hall–Kier alpha value is -9.05. The van der Waals surface area contributed by atoms with Crippen LogP contribution in [-0.4, -0.2) is 98.6 Å². The van der Waals surface area contributed by atoms with Crippen molar-refractivity contribution in [2.45, 2.75) is 365 Å². The van der Waals surface area contributed by atoms with Crippen molar-refractivity contribution >= 4 is 28.3 Å². The second-order valence-electron chi connectivity index (χ2n) is 35.5. The average molecular weight is 1760 g/mol. The lowest BCUT2D eigenvalue weighted by Gasteiger charge is -2.20. The van der Waals surface area contributed by atoms with Gasteiger partial charge < -0.3 is 72.0 Å². The summed E-state index contributed by atoms with van der Waals surface area (Å²) in [7, 11) is 0. The normalized spacial score (nSPS) is 12.0. The Morgan fingerprint density at radius 3 is 0.648 bits per heavy atom. The van der Waals surface area contributed by atoms with Crippen molar-refractivity contribution < 1.29 is 56.9 Å². The van der Waals surface area contributed by atoms with Gasteiger partial charge in [0.2, 0.25) is 17.2 Å². The second-order valence-corrected chi connectivity index (χ2v) is 35.5. The number of carbonyl (C=O) groups excluding carboxylic acids is 1. The lowest BCUT2D eigenvalue weighted by Crippen LogP contribution is -2.19. The van der Waals surface area contributed by atoms with Gasteiger partial charge in [0.15, 0.2) is 34.5 Å². The molecule has 0 saturated heterocycles. The second kappa shape index (κ2) is 61.5. The Kier molecular flexibility index (Phi) is 49.3. The summed E-state index contributed by atoms with van der Waals surface area (Å²) >= 11 is 0. The van der Waals surface area contributed by atoms with Crippen molar-refractivity contribution in [1.82, 2.24) is 19.9 Å². The first-order valence-corrected chi connectivity index (χ1v) is 51.4. The minimum absolute atomic E-state index is 0.194. The van der Waals surface area contributed by atoms with E-state index in [4.69, 9.17) is 52.1 Å². The number of esters is 1. The van der Waals surface area contributed by atoms with Gasteiger partial charge in [-0.05, 0) is 190 Å². The van der Waals surface area contributed by atoms with Crippen LogP contribution in [0.25, 0.3) is 22.3 Å². The van der Waals surface area contributed by atoms with Gasteiger partial charge >= 0.3 is 5.97 Å². The monoisotopic (exact) mass is 1760 g/mol. The molecule has 8 aromatic rings. The third-order valence-electron chi connectivity index (χ3n) is 24.3. The number of hydrogen-bond acceptors (Lipinski definition) is 12. The molecule has 706 valence electrons. The molecular weight excluding hydrogens is 1590 g/mol. The molecule has 4 N–H and O–H groups in total. The minimum atomic E-state index is -0.194. The number of rotatable bonds is 72. The highest BCUT2D eigenvalue weighted by Gasteiger charge is 2.27. The van der Waals surface area contributed by atoms with Gasteiger partial charge in [0, 0.05) is 73.4 Å². The van der Waals surface area contributed by atoms with Gasteiger partial charge in [-0.25, -0.2) is 0 Å². The molecule has 0 aliphatic carbocycles. The van der Waals surface area contributed by atoms with E-state index in [1.54, 1.807) is 0 Å². The van der Waals surface area contributed by atoms with Crippen LogP contribution in [-0.2, 0) is 9.53 Å². The Morgan fingerprint density at radius 1 is 0.211 bits per heavy atom. The number of unbranched alkanes of at least 4 members (excludes halogenated alkanes) is 36. The van der Waals surface area contributed by atoms with E-state index in [2.05, 4.69) is 191 Å². The van der Waals surface area contributed by atoms with Crippen molar-refractivity contribution in [2.75, 3.05) is 72.7 Å². The van der Waals surface area contributed by atoms with Gasteiger partial charge in [-0.15, -0.1) is 0 Å². The number of benzene rings is 4. The summed E-state index contributed by atoms with van der Waals surface area (Å²) in [5, 5.41) is 3.55. The first-order chi connectivity index (χ1) is 63.1. The first kappa shape index (κ1) is 103. The fourth-order valence-corrected chi connectivity index (χ4v) is 16.9. The van der Waals surface area contributed by atoms with Gasteiger partial charge in [0.1, 0.15) is 5.75 Å². The van der Waals surface area contributed by atoms with E-state index < -0.39 is 0 Å². The number of nitrogens with one attached hydrogen (secondary N) is 4. The summed E-state index contributed by atoms with van der Waals surface area (Å²) in [5.74, 6) is 6.66. The summed E-state index contributed by atoms with van der Waals surface area (Å²) in [6.45, 7) is 27.9. The first-order valence-electron chi connectivity index (χ1n) is 51.4. The molecule has 5 heterocycles. The van der Waals surface area contributed by atoms with Crippen molar-refractivity contribution in [3.8, 4) is 57.5 Å². The van der Waals surface area contributed by atoms with Crippen LogP contribution in [0.5, 0.6) is 57.5 Å². The fourth-order valence-electron chi connectivity index (χ4n) is 16.9. The number of H-pyrrole nitrogens is 4. The molecule has 0 unspecified atom stereocenters. The number of aromatic amines is 4. The average Bonchev–Trinajstić information content (AvgIpc) is 1.56. The fraction of sp³-hybridized carbons (Fsp3) is 0.598. The van der Waals surface area contributed by atoms with Gasteiger partial charge in [-0.1, -0.05) is 299 Å². The molecule has 4 aromatic heterocycles. The maximum Gasteiger partial charge on any atom is 0.302 e. The maximum absolute atomic E-state index is 11.2. The van der Waals surface area contributed by atoms with Crippen molar-refractivity contribution in [2.24, 2.45) is 0 Å². The molecule has 4 aromatic carbocycles. The largest absolute Gasteiger partial charge is 0.494 e. The zero-order valence-corrected chi connectivity index (χ0v) is 81.1. The molecule has 16 nitrogen and oxygen atoms in total. The molecule has 0 radical (unpaired) electrons. The molecule has 0 amide bonds. The van der Waals surface area contributed by atoms with Gasteiger partial charge in [0.25, 0.3) is 0 Å². The van der Waals surface area contributed by atoms with Crippen LogP contribution in [0.1, 0.15) is 410 Å². The van der Waals surface area contributed by atoms with Crippen LogP contribution >= 0.6 is 0 Å². The zero-order valence-electron chi connectivity index (χ0n) is 81.1. The third-order valence-corrected chi connectivity index (χ3v) is 24.3. The van der Waals surface area contributed by atoms with Crippen LogP contribution in [0.2, 0.25) is 0 Å². The maximum atomic E-state index is 11.2. The number of ether oxygens (including phenoxy) is 11. The number of hydrogen-bond donors (Lipinski definition) is 4. The minimum Gasteiger partial charge on any atom is -0.494 e. The zero-order chi connectivity index (χ0) is 90.2. The van der Waals surface area contributed by atoms with Crippen LogP contribution < -0.4 is 68.8 Å². The Labute approximate surface area is 771 Å². The number of fused-ring (bicyclic) bond motifs is 8. The molecule has 1 aliphatic rings. The lowest BCUT2D eigenvalue weighted by atomic mass is 10.0. The number of carbonyl (C=O) groups is 1. The van der Waals surface area contributed by atoms with E-state index in [0.29, 0.717) is 124 Å². The summed E-state index contributed by atoms with van der Waals surface area (Å²) in [6.07, 6.45) is 49.8. The molecule has 9 rings (SSSR count). The van der Waals surface area contributed by atoms with Crippen molar-refractivity contribution in [3.63, 3.8) is 0 Å². The molecule has 0 spiro atoms. The van der Waals surface area contributed by atoms with Gasteiger partial charge in [-0.3, -0.25) is 4.79 Å². The number of aromatic nitrogens is 4. The highest BCUT2D eigenvalue weighted by molar-refractivity contribution is 5.87. The van der Waals surface area contributed by atoms with E-state index in [9.17, 15) is 4.79 Å². The van der Waals surface area contributed by atoms with E-state index in [1.807, 2.05) is 0 Å². The van der Waals surface area contributed by atoms with Crippen LogP contribution in [0.3, 0.4) is 0 Å². The van der Waals surface area contributed by atoms with Crippen molar-refractivity contribution in [3.05, 3.63) is 176 Å². The van der Waals surface area contributed by atoms with Crippen LogP contribution in [0.15, 0.2) is 109 Å². The van der Waals surface area contributed by atoms with Crippen molar-refractivity contribution in [1.29, 1.82) is 0 Å². The van der Waals surface area contributed by atoms with E-state index in [0.717, 1.165) is 351 Å². The molecule has 16 heteroatoms. The van der Waals surface area contributed by atoms with Crippen LogP contribution in [0.4, 0.5) is 0 Å². The van der Waals surface area contributed by atoms with Crippen LogP contribution in [0, 0.1) is 0 Å². The lowest BCUT2D eigenvalue weighted by molar-refractivity contribution is -0.141. The van der Waals surface area contributed by atoms with Gasteiger partial charge in [-0.2, -0.15) is 0 Å². The molecule has 0 fully saturated rings.